The molecule has 0 radical (unpaired) electrons. The van der Waals surface area contributed by atoms with Gasteiger partial charge >= 0.3 is 0 Å². The minimum Gasteiger partial charge on any atom is -0.372 e. The second-order valence-electron chi connectivity index (χ2n) is 12.9. The molecule has 0 aromatic rings. The average molecular weight is 665 g/mol. The van der Waals surface area contributed by atoms with Gasteiger partial charge in [-0.3, -0.25) is 4.99 Å². The van der Waals surface area contributed by atoms with E-state index >= 15 is 0 Å². The van der Waals surface area contributed by atoms with E-state index in [0.717, 1.165) is 75.5 Å². The molecule has 0 saturated carbocycles. The van der Waals surface area contributed by atoms with Crippen molar-refractivity contribution in [2.24, 2.45) is 16.8 Å². The van der Waals surface area contributed by atoms with Crippen molar-refractivity contribution in [1.82, 2.24) is 10.2 Å². The minimum atomic E-state index is 0.549. The van der Waals surface area contributed by atoms with E-state index < -0.39 is 0 Å². The van der Waals surface area contributed by atoms with E-state index in [9.17, 15) is 0 Å². The second-order valence-corrected chi connectivity index (χ2v) is 12.9. The van der Waals surface area contributed by atoms with Crippen LogP contribution in [0.1, 0.15) is 161 Å². The summed E-state index contributed by atoms with van der Waals surface area (Å²) in [6, 6.07) is 2.18. The van der Waals surface area contributed by atoms with Gasteiger partial charge in [-0.25, -0.2) is 0 Å². The first-order valence-corrected chi connectivity index (χ1v) is 19.5. The Kier molecular flexibility index (Phi) is 37.0. The highest BCUT2D eigenvalue weighted by molar-refractivity contribution is 6.03. The van der Waals surface area contributed by atoms with E-state index in [4.69, 9.17) is 10.3 Å². The highest BCUT2D eigenvalue weighted by Crippen LogP contribution is 2.28. The van der Waals surface area contributed by atoms with E-state index in [1.165, 1.54) is 54.5 Å². The van der Waals surface area contributed by atoms with E-state index in [1.807, 2.05) is 30.5 Å². The van der Waals surface area contributed by atoms with Crippen LogP contribution in [0.4, 0.5) is 0 Å². The van der Waals surface area contributed by atoms with Crippen LogP contribution >= 0.6 is 0 Å². The van der Waals surface area contributed by atoms with Crippen LogP contribution in [0.5, 0.6) is 0 Å². The summed E-state index contributed by atoms with van der Waals surface area (Å²) in [5.41, 5.74) is 7.26. The first-order valence-electron chi connectivity index (χ1n) is 19.5. The molecule has 1 rings (SSSR count). The molecule has 0 aromatic heterocycles. The second kappa shape index (κ2) is 35.7. The van der Waals surface area contributed by atoms with Crippen molar-refractivity contribution in [3.63, 3.8) is 0 Å². The average Bonchev–Trinajstić information content (AvgIpc) is 3.10. The maximum Gasteiger partial charge on any atom is 0.0991 e. The molecule has 2 unspecified atom stereocenters. The Bertz CT molecular complexity index is 1020. The number of rotatable bonds is 16. The highest BCUT2D eigenvalue weighted by atomic mass is 15.2. The molecule has 4 nitrogen and oxygen atoms in total. The molecule has 1 aliphatic heterocycles. The van der Waals surface area contributed by atoms with Crippen molar-refractivity contribution < 1.29 is 0 Å². The molecule has 48 heavy (non-hydrogen) atoms. The van der Waals surface area contributed by atoms with Gasteiger partial charge in [0.15, 0.2) is 0 Å². The van der Waals surface area contributed by atoms with Gasteiger partial charge in [-0.2, -0.15) is 5.26 Å². The zero-order chi connectivity index (χ0) is 37.2. The molecule has 1 N–H and O–H groups in total. The fourth-order valence-electron chi connectivity index (χ4n) is 4.92. The Balaban J connectivity index is -0.000000683. The summed E-state index contributed by atoms with van der Waals surface area (Å²) in [4.78, 5) is 7.21. The van der Waals surface area contributed by atoms with Crippen LogP contribution in [-0.2, 0) is 0 Å². The standard InChI is InChI=1S/C20H35N3.C13H19N.C7H16.C4H10/c1-7-10-11-22-17(5)20(19(9-3)16(4)8-2)18(6)23-14-12-21-13-15-23;1-4-6-7-9-13(11-14)10-12(3)8-5-2;1-4-6-7(3)5-2;1-3-4-2/h9-11,16,21H,7-8,12-15H2,1-6H3;6-7,9-10H,4-5,8H2,1-3H3;7H,4-6H2,1-3H3;3-4H2,1-2H3/b11-10+,19-9-,20-18-,22-17+;7-6+,12-10+,13-9+;;. The molecule has 0 spiro atoms. The summed E-state index contributed by atoms with van der Waals surface area (Å²) < 4.78 is 0. The molecule has 0 aliphatic carbocycles. The van der Waals surface area contributed by atoms with Gasteiger partial charge in [0.05, 0.1) is 11.6 Å². The third-order valence-electron chi connectivity index (χ3n) is 8.47. The number of nitrogens with zero attached hydrogens (tertiary/aromatic N) is 3. The molecule has 1 aliphatic rings. The fraction of sp³-hybridized carbons (Fsp3) is 0.682. The number of unbranched alkanes of at least 4 members (excludes halogenated alkanes) is 1. The van der Waals surface area contributed by atoms with Crippen LogP contribution in [0, 0.1) is 23.2 Å². The largest absolute Gasteiger partial charge is 0.372 e. The van der Waals surface area contributed by atoms with Crippen molar-refractivity contribution in [3.8, 4) is 6.07 Å². The molecule has 0 aromatic carbocycles. The van der Waals surface area contributed by atoms with E-state index in [2.05, 4.69) is 125 Å². The maximum atomic E-state index is 8.85. The van der Waals surface area contributed by atoms with Crippen molar-refractivity contribution in [1.29, 1.82) is 5.26 Å². The molecule has 1 fully saturated rings. The summed E-state index contributed by atoms with van der Waals surface area (Å²) in [6.07, 6.45) is 26.2. The summed E-state index contributed by atoms with van der Waals surface area (Å²) in [5, 5.41) is 12.3. The molecule has 0 amide bonds. The predicted molar refractivity (Wildman–Crippen MR) is 220 cm³/mol. The van der Waals surface area contributed by atoms with Crippen LogP contribution in [0.15, 0.2) is 75.6 Å². The first-order chi connectivity index (χ1) is 23.0. The number of nitriles is 1. The smallest absolute Gasteiger partial charge is 0.0991 e. The third kappa shape index (κ3) is 26.3. The summed E-state index contributed by atoms with van der Waals surface area (Å²) in [7, 11) is 0. The summed E-state index contributed by atoms with van der Waals surface area (Å²) in [6.45, 7) is 35.0. The number of aliphatic imine (C=N–C) groups is 1. The van der Waals surface area contributed by atoms with Crippen molar-refractivity contribution in [3.05, 3.63) is 70.6 Å². The lowest BCUT2D eigenvalue weighted by Crippen LogP contribution is -2.43. The van der Waals surface area contributed by atoms with E-state index in [0.29, 0.717) is 5.92 Å². The van der Waals surface area contributed by atoms with Crippen LogP contribution < -0.4 is 5.32 Å². The van der Waals surface area contributed by atoms with Gasteiger partial charge in [-0.15, -0.1) is 0 Å². The van der Waals surface area contributed by atoms with Gasteiger partial charge in [0.25, 0.3) is 0 Å². The minimum absolute atomic E-state index is 0.549. The number of hydrogen-bond acceptors (Lipinski definition) is 4. The molecule has 1 heterocycles. The highest BCUT2D eigenvalue weighted by Gasteiger charge is 2.20. The van der Waals surface area contributed by atoms with Crippen LogP contribution in [-0.4, -0.2) is 36.8 Å². The molecular formula is C44H80N4. The lowest BCUT2D eigenvalue weighted by atomic mass is 9.87. The molecule has 4 heteroatoms. The van der Waals surface area contributed by atoms with Crippen LogP contribution in [0.2, 0.25) is 0 Å². The Morgan fingerprint density at radius 3 is 1.88 bits per heavy atom. The van der Waals surface area contributed by atoms with Crippen LogP contribution in [0.3, 0.4) is 0 Å². The Hall–Kier alpha value is -2.64. The molecule has 0 bridgehead atoms. The van der Waals surface area contributed by atoms with Gasteiger partial charge < -0.3 is 10.2 Å². The topological polar surface area (TPSA) is 51.4 Å². The van der Waals surface area contributed by atoms with Crippen molar-refractivity contribution in [2.45, 2.75) is 161 Å². The van der Waals surface area contributed by atoms with Gasteiger partial charge in [0, 0.05) is 49.4 Å². The van der Waals surface area contributed by atoms with Gasteiger partial charge in [-0.05, 0) is 82.9 Å². The third-order valence-corrected chi connectivity index (χ3v) is 8.47. The van der Waals surface area contributed by atoms with Crippen LogP contribution in [0.25, 0.3) is 0 Å². The zero-order valence-electron chi connectivity index (χ0n) is 34.4. The number of piperazine rings is 1. The Labute approximate surface area is 301 Å². The normalized spacial score (nSPS) is 16.1. The zero-order valence-corrected chi connectivity index (χ0v) is 34.4. The monoisotopic (exact) mass is 665 g/mol. The summed E-state index contributed by atoms with van der Waals surface area (Å²) in [5.74, 6) is 1.50. The number of allylic oxidation sites excluding steroid dienone is 11. The maximum absolute atomic E-state index is 8.85. The van der Waals surface area contributed by atoms with Crippen molar-refractivity contribution >= 4 is 5.71 Å². The van der Waals surface area contributed by atoms with Crippen molar-refractivity contribution in [2.75, 3.05) is 26.2 Å². The lowest BCUT2D eigenvalue weighted by Gasteiger charge is -2.33. The van der Waals surface area contributed by atoms with E-state index in [1.54, 1.807) is 0 Å². The number of hydrogen-bond donors (Lipinski definition) is 1. The first kappa shape index (κ1) is 49.7. The Morgan fingerprint density at radius 1 is 0.854 bits per heavy atom. The van der Waals surface area contributed by atoms with Gasteiger partial charge in [-0.1, -0.05) is 138 Å². The van der Waals surface area contributed by atoms with Gasteiger partial charge in [0.2, 0.25) is 0 Å². The quantitative estimate of drug-likeness (QED) is 0.101. The molecule has 2 atom stereocenters. The van der Waals surface area contributed by atoms with E-state index in [-0.39, 0.29) is 0 Å². The fourth-order valence-corrected chi connectivity index (χ4v) is 4.92. The Morgan fingerprint density at radius 2 is 1.46 bits per heavy atom. The number of nitrogens with one attached hydrogen (secondary N) is 1. The SMILES string of the molecule is CC/C=C/C=C(C#N)\C=C(/C)CCC.CCCC.CCCC(C)CC.C\C=C(C(/C(C)=N/C=C/CC)=C(/C)N1CCNCC1)\C(C)CC. The lowest BCUT2D eigenvalue weighted by molar-refractivity contribution is 0.298. The summed E-state index contributed by atoms with van der Waals surface area (Å²) >= 11 is 0. The molecule has 276 valence electrons. The molecular weight excluding hydrogens is 585 g/mol. The molecule has 1 saturated heterocycles. The predicted octanol–water partition coefficient (Wildman–Crippen LogP) is 13.3. The van der Waals surface area contributed by atoms with Gasteiger partial charge in [0.1, 0.15) is 0 Å².